The third-order valence-electron chi connectivity index (χ3n) is 2.67. The molecule has 84 valence electrons. The Kier molecular flexibility index (Phi) is 3.75. The van der Waals surface area contributed by atoms with Gasteiger partial charge >= 0.3 is 6.18 Å². The molecule has 2 unspecified atom stereocenters. The van der Waals surface area contributed by atoms with Crippen LogP contribution in [0, 0.1) is 5.92 Å². The monoisotopic (exact) mass is 213 g/mol. The summed E-state index contributed by atoms with van der Waals surface area (Å²) in [5.41, 5.74) is 0. The van der Waals surface area contributed by atoms with Crippen molar-refractivity contribution in [3.63, 3.8) is 0 Å². The summed E-state index contributed by atoms with van der Waals surface area (Å²) in [6, 6.07) is 0. The van der Waals surface area contributed by atoms with Crippen LogP contribution >= 0.6 is 0 Å². The Hall–Kier alpha value is -0.320. The molecule has 1 rings (SSSR count). The van der Waals surface area contributed by atoms with E-state index >= 15 is 0 Å². The first-order valence-corrected chi connectivity index (χ1v) is 4.88. The van der Waals surface area contributed by atoms with E-state index in [9.17, 15) is 17.6 Å². The number of rotatable bonds is 2. The first-order chi connectivity index (χ1) is 6.43. The molecular weight excluding hydrogens is 198 g/mol. The average Bonchev–Trinajstić information content (AvgIpc) is 2.15. The third kappa shape index (κ3) is 2.83. The van der Waals surface area contributed by atoms with Crippen LogP contribution in [0.25, 0.3) is 0 Å². The lowest BCUT2D eigenvalue weighted by atomic mass is 10.1. The predicted molar refractivity (Wildman–Crippen MR) is 45.5 cm³/mol. The van der Waals surface area contributed by atoms with Gasteiger partial charge in [0.25, 0.3) is 0 Å². The Labute approximate surface area is 81.1 Å². The van der Waals surface area contributed by atoms with Gasteiger partial charge in [-0.3, -0.25) is 4.90 Å². The summed E-state index contributed by atoms with van der Waals surface area (Å²) in [5.74, 6) is -1.89. The smallest absolute Gasteiger partial charge is 0.273 e. The molecule has 0 spiro atoms. The van der Waals surface area contributed by atoms with Crippen molar-refractivity contribution in [3.05, 3.63) is 0 Å². The minimum Gasteiger partial charge on any atom is -0.273 e. The Morgan fingerprint density at radius 1 is 1.07 bits per heavy atom. The van der Waals surface area contributed by atoms with Crippen LogP contribution in [0.3, 0.4) is 0 Å². The Balaban J connectivity index is 2.50. The maximum atomic E-state index is 13.4. The molecule has 14 heavy (non-hydrogen) atoms. The molecule has 1 aliphatic heterocycles. The van der Waals surface area contributed by atoms with Crippen LogP contribution in [-0.4, -0.2) is 30.5 Å². The van der Waals surface area contributed by atoms with Crippen LogP contribution in [-0.2, 0) is 0 Å². The van der Waals surface area contributed by atoms with Crippen LogP contribution in [0.15, 0.2) is 0 Å². The lowest BCUT2D eigenvalue weighted by Crippen LogP contribution is -2.44. The second-order valence-corrected chi connectivity index (χ2v) is 3.80. The van der Waals surface area contributed by atoms with Crippen molar-refractivity contribution >= 4 is 0 Å². The fourth-order valence-corrected chi connectivity index (χ4v) is 1.64. The van der Waals surface area contributed by atoms with Crippen LogP contribution in [0.2, 0.25) is 0 Å². The maximum absolute atomic E-state index is 13.4. The highest BCUT2D eigenvalue weighted by Crippen LogP contribution is 2.32. The molecule has 2 atom stereocenters. The van der Waals surface area contributed by atoms with Gasteiger partial charge in [0.2, 0.25) is 0 Å². The molecule has 0 bridgehead atoms. The van der Waals surface area contributed by atoms with E-state index in [1.54, 1.807) is 0 Å². The van der Waals surface area contributed by atoms with Gasteiger partial charge in [0.1, 0.15) is 0 Å². The lowest BCUT2D eigenvalue weighted by Gasteiger charge is -2.33. The van der Waals surface area contributed by atoms with Crippen molar-refractivity contribution in [3.8, 4) is 0 Å². The van der Waals surface area contributed by atoms with Crippen LogP contribution in [0.4, 0.5) is 17.6 Å². The molecule has 1 fully saturated rings. The highest BCUT2D eigenvalue weighted by Gasteiger charge is 2.43. The zero-order chi connectivity index (χ0) is 10.8. The fourth-order valence-electron chi connectivity index (χ4n) is 1.64. The van der Waals surface area contributed by atoms with Gasteiger partial charge in [-0.15, -0.1) is 0 Å². The van der Waals surface area contributed by atoms with Gasteiger partial charge in [-0.05, 0) is 19.8 Å². The number of piperidine rings is 1. The van der Waals surface area contributed by atoms with Gasteiger partial charge in [-0.2, -0.15) is 13.2 Å². The predicted octanol–water partition coefficient (Wildman–Crippen LogP) is 2.97. The molecule has 0 aliphatic carbocycles. The quantitative estimate of drug-likeness (QED) is 0.503. The van der Waals surface area contributed by atoms with Crippen molar-refractivity contribution in [2.24, 2.45) is 5.92 Å². The number of nitrogens with zero attached hydrogens (tertiary/aromatic N) is 1. The van der Waals surface area contributed by atoms with E-state index in [-0.39, 0.29) is 0 Å². The molecule has 0 saturated carbocycles. The van der Waals surface area contributed by atoms with Crippen LogP contribution in [0.1, 0.15) is 26.2 Å². The van der Waals surface area contributed by atoms with Crippen molar-refractivity contribution in [1.82, 2.24) is 4.90 Å². The van der Waals surface area contributed by atoms with Gasteiger partial charge in [-0.1, -0.05) is 6.42 Å². The highest BCUT2D eigenvalue weighted by molar-refractivity contribution is 4.75. The van der Waals surface area contributed by atoms with E-state index in [4.69, 9.17) is 0 Å². The van der Waals surface area contributed by atoms with Crippen molar-refractivity contribution in [2.45, 2.75) is 38.7 Å². The summed E-state index contributed by atoms with van der Waals surface area (Å²) in [4.78, 5) is 1.29. The molecule has 0 aromatic rings. The number of hydrogen-bond acceptors (Lipinski definition) is 1. The number of halogens is 4. The summed E-state index contributed by atoms with van der Waals surface area (Å²) >= 11 is 0. The summed E-state index contributed by atoms with van der Waals surface area (Å²) in [5, 5.41) is 0. The van der Waals surface area contributed by atoms with E-state index in [1.807, 2.05) is 0 Å². The molecule has 0 aromatic carbocycles. The van der Waals surface area contributed by atoms with Gasteiger partial charge in [0.15, 0.2) is 6.30 Å². The molecule has 0 amide bonds. The molecule has 5 heteroatoms. The number of hydrogen-bond donors (Lipinski definition) is 0. The van der Waals surface area contributed by atoms with Crippen molar-refractivity contribution < 1.29 is 17.6 Å². The second-order valence-electron chi connectivity index (χ2n) is 3.80. The number of likely N-dealkylation sites (tertiary alicyclic amines) is 1. The molecule has 1 saturated heterocycles. The molecule has 0 N–H and O–H groups in total. The Bertz CT molecular complexity index is 174. The van der Waals surface area contributed by atoms with E-state index in [0.717, 1.165) is 26.2 Å². The first-order valence-electron chi connectivity index (χ1n) is 4.88. The second kappa shape index (κ2) is 4.47. The molecular formula is C9H15F4N. The minimum absolute atomic E-state index is 0.446. The molecule has 1 nitrogen and oxygen atoms in total. The largest absolute Gasteiger partial charge is 0.395 e. The average molecular weight is 213 g/mol. The Morgan fingerprint density at radius 2 is 1.57 bits per heavy atom. The normalized spacial score (nSPS) is 24.6. The molecule has 0 radical (unpaired) electrons. The molecule has 1 aliphatic rings. The van der Waals surface area contributed by atoms with Gasteiger partial charge < -0.3 is 0 Å². The SMILES string of the molecule is CC(C(F)N1CCCCC1)C(F)(F)F. The first kappa shape index (κ1) is 11.8. The minimum atomic E-state index is -4.43. The fraction of sp³-hybridized carbons (Fsp3) is 1.00. The van der Waals surface area contributed by atoms with E-state index in [0.29, 0.717) is 13.1 Å². The summed E-state index contributed by atoms with van der Waals surface area (Å²) in [7, 11) is 0. The van der Waals surface area contributed by atoms with Gasteiger partial charge in [0, 0.05) is 13.1 Å². The standard InChI is InChI=1S/C9H15F4N/c1-7(9(11,12)13)8(10)14-5-3-2-4-6-14/h7-8H,2-6H2,1H3. The van der Waals surface area contributed by atoms with Crippen molar-refractivity contribution in [1.29, 1.82) is 0 Å². The Morgan fingerprint density at radius 3 is 2.00 bits per heavy atom. The highest BCUT2D eigenvalue weighted by atomic mass is 19.4. The molecule has 0 aromatic heterocycles. The maximum Gasteiger partial charge on any atom is 0.395 e. The topological polar surface area (TPSA) is 3.24 Å². The van der Waals surface area contributed by atoms with Crippen LogP contribution < -0.4 is 0 Å². The van der Waals surface area contributed by atoms with Crippen LogP contribution in [0.5, 0.6) is 0 Å². The van der Waals surface area contributed by atoms with Gasteiger partial charge in [-0.25, -0.2) is 4.39 Å². The van der Waals surface area contributed by atoms with Crippen molar-refractivity contribution in [2.75, 3.05) is 13.1 Å². The summed E-state index contributed by atoms with van der Waals surface area (Å²) in [6.45, 7) is 1.79. The van der Waals surface area contributed by atoms with E-state index < -0.39 is 18.4 Å². The lowest BCUT2D eigenvalue weighted by molar-refractivity contribution is -0.203. The number of alkyl halides is 4. The van der Waals surface area contributed by atoms with Gasteiger partial charge in [0.05, 0.1) is 5.92 Å². The third-order valence-corrected chi connectivity index (χ3v) is 2.67. The van der Waals surface area contributed by atoms with E-state index in [1.165, 1.54) is 4.90 Å². The summed E-state index contributed by atoms with van der Waals surface area (Å²) < 4.78 is 49.9. The van der Waals surface area contributed by atoms with E-state index in [2.05, 4.69) is 0 Å². The zero-order valence-corrected chi connectivity index (χ0v) is 8.15. The molecule has 1 heterocycles. The zero-order valence-electron chi connectivity index (χ0n) is 8.15. The summed E-state index contributed by atoms with van der Waals surface area (Å²) in [6.07, 6.45) is -3.73.